The number of likely N-dealkylation sites (tertiary alicyclic amines) is 2. The average molecular weight is 370 g/mol. The largest absolute Gasteiger partial charge is 0.339 e. The molecule has 2 atom stereocenters. The van der Waals surface area contributed by atoms with E-state index >= 15 is 0 Å². The van der Waals surface area contributed by atoms with Gasteiger partial charge >= 0.3 is 0 Å². The molecule has 2 fully saturated rings. The highest BCUT2D eigenvalue weighted by atomic mass is 35.5. The molecule has 24 heavy (non-hydrogen) atoms. The monoisotopic (exact) mass is 369 g/mol. The Bertz CT molecular complexity index is 613. The van der Waals surface area contributed by atoms with Crippen molar-refractivity contribution in [3.63, 3.8) is 0 Å². The number of halogens is 1. The topological polar surface area (TPSA) is 66.6 Å². The summed E-state index contributed by atoms with van der Waals surface area (Å²) in [6, 6.07) is 3.79. The second-order valence-corrected chi connectivity index (χ2v) is 8.56. The maximum atomic E-state index is 12.8. The number of carbonyl (C=O) groups excluding carboxylic acids is 2. The van der Waals surface area contributed by atoms with Gasteiger partial charge in [-0.15, -0.1) is 11.3 Å². The predicted octanol–water partition coefficient (Wildman–Crippen LogP) is 2.45. The van der Waals surface area contributed by atoms with E-state index in [4.69, 9.17) is 17.3 Å². The molecule has 2 saturated heterocycles. The van der Waals surface area contributed by atoms with Gasteiger partial charge < -0.3 is 15.5 Å². The molecule has 2 unspecified atom stereocenters. The van der Waals surface area contributed by atoms with Crippen molar-refractivity contribution in [1.29, 1.82) is 0 Å². The second kappa shape index (κ2) is 7.42. The highest BCUT2D eigenvalue weighted by molar-refractivity contribution is 7.17. The van der Waals surface area contributed by atoms with E-state index in [2.05, 4.69) is 6.92 Å². The fourth-order valence-electron chi connectivity index (χ4n) is 3.77. The molecule has 0 saturated carbocycles. The first-order valence-corrected chi connectivity index (χ1v) is 9.74. The number of carbonyl (C=O) groups is 2. The van der Waals surface area contributed by atoms with Gasteiger partial charge in [-0.3, -0.25) is 9.59 Å². The van der Waals surface area contributed by atoms with Crippen molar-refractivity contribution in [1.82, 2.24) is 9.80 Å². The van der Waals surface area contributed by atoms with Crippen molar-refractivity contribution in [2.75, 3.05) is 26.2 Å². The van der Waals surface area contributed by atoms with Crippen LogP contribution < -0.4 is 5.73 Å². The number of thiophene rings is 1. The third-order valence-corrected chi connectivity index (χ3v) is 6.41. The van der Waals surface area contributed by atoms with Crippen LogP contribution in [0.2, 0.25) is 4.34 Å². The molecule has 2 N–H and O–H groups in total. The Kier molecular flexibility index (Phi) is 5.47. The number of piperidine rings is 1. The highest BCUT2D eigenvalue weighted by Crippen LogP contribution is 2.29. The van der Waals surface area contributed by atoms with Crippen molar-refractivity contribution in [3.05, 3.63) is 21.3 Å². The van der Waals surface area contributed by atoms with Crippen LogP contribution in [0.1, 0.15) is 35.9 Å². The minimum atomic E-state index is 0.0236. The number of amides is 2. The minimum Gasteiger partial charge on any atom is -0.339 e. The van der Waals surface area contributed by atoms with Crippen molar-refractivity contribution in [2.24, 2.45) is 17.6 Å². The van der Waals surface area contributed by atoms with Gasteiger partial charge in [-0.2, -0.15) is 0 Å². The van der Waals surface area contributed by atoms with E-state index in [9.17, 15) is 9.59 Å². The molecule has 0 spiro atoms. The SMILES string of the molecule is CC1CC(CN)CN1C(=O)C1CCN(C(=O)c2ccc(Cl)s2)CC1. The summed E-state index contributed by atoms with van der Waals surface area (Å²) < 4.78 is 0.626. The lowest BCUT2D eigenvalue weighted by Crippen LogP contribution is -2.45. The maximum Gasteiger partial charge on any atom is 0.263 e. The summed E-state index contributed by atoms with van der Waals surface area (Å²) in [6.45, 7) is 4.79. The van der Waals surface area contributed by atoms with Gasteiger partial charge in [-0.1, -0.05) is 11.6 Å². The van der Waals surface area contributed by atoms with Gasteiger partial charge in [0.05, 0.1) is 9.21 Å². The van der Waals surface area contributed by atoms with Gasteiger partial charge in [0.15, 0.2) is 0 Å². The summed E-state index contributed by atoms with van der Waals surface area (Å²) in [4.78, 5) is 29.7. The molecule has 0 aromatic carbocycles. The first-order valence-electron chi connectivity index (χ1n) is 8.54. The Morgan fingerprint density at radius 3 is 2.58 bits per heavy atom. The van der Waals surface area contributed by atoms with E-state index in [1.165, 1.54) is 11.3 Å². The highest BCUT2D eigenvalue weighted by Gasteiger charge is 2.36. The molecule has 2 aliphatic rings. The van der Waals surface area contributed by atoms with Crippen LogP contribution in [0.25, 0.3) is 0 Å². The van der Waals surface area contributed by atoms with Gasteiger partial charge in [0.2, 0.25) is 5.91 Å². The first-order chi connectivity index (χ1) is 11.5. The second-order valence-electron chi connectivity index (χ2n) is 6.85. The fourth-order valence-corrected chi connectivity index (χ4v) is 4.78. The summed E-state index contributed by atoms with van der Waals surface area (Å²) in [5.41, 5.74) is 5.75. The zero-order valence-electron chi connectivity index (χ0n) is 13.9. The lowest BCUT2D eigenvalue weighted by atomic mass is 9.95. The average Bonchev–Trinajstić information content (AvgIpc) is 3.19. The normalized spacial score (nSPS) is 25.3. The third-order valence-electron chi connectivity index (χ3n) is 5.19. The van der Waals surface area contributed by atoms with Crippen LogP contribution in [-0.2, 0) is 4.79 Å². The van der Waals surface area contributed by atoms with Crippen LogP contribution in [0, 0.1) is 11.8 Å². The van der Waals surface area contributed by atoms with E-state index in [1.807, 2.05) is 9.80 Å². The van der Waals surface area contributed by atoms with Crippen molar-refractivity contribution in [2.45, 2.75) is 32.2 Å². The van der Waals surface area contributed by atoms with Crippen molar-refractivity contribution < 1.29 is 9.59 Å². The van der Waals surface area contributed by atoms with E-state index in [0.29, 0.717) is 34.8 Å². The molecule has 2 amide bonds. The summed E-state index contributed by atoms with van der Waals surface area (Å²) in [6.07, 6.45) is 2.47. The lowest BCUT2D eigenvalue weighted by molar-refractivity contribution is -0.137. The number of nitrogens with two attached hydrogens (primary N) is 1. The number of rotatable bonds is 3. The predicted molar refractivity (Wildman–Crippen MR) is 96.3 cm³/mol. The molecular weight excluding hydrogens is 346 g/mol. The van der Waals surface area contributed by atoms with Crippen molar-refractivity contribution >= 4 is 34.8 Å². The molecule has 7 heteroatoms. The molecule has 2 aliphatic heterocycles. The van der Waals surface area contributed by atoms with Crippen LogP contribution in [-0.4, -0.2) is 53.8 Å². The van der Waals surface area contributed by atoms with Gasteiger partial charge in [0.1, 0.15) is 0 Å². The number of nitrogens with zero attached hydrogens (tertiary/aromatic N) is 2. The van der Waals surface area contributed by atoms with Gasteiger partial charge in [0.25, 0.3) is 5.91 Å². The maximum absolute atomic E-state index is 12.8. The Balaban J connectivity index is 1.55. The van der Waals surface area contributed by atoms with Crippen molar-refractivity contribution in [3.8, 4) is 0 Å². The van der Waals surface area contributed by atoms with E-state index in [0.717, 1.165) is 25.8 Å². The molecule has 1 aromatic heterocycles. The Morgan fingerprint density at radius 1 is 1.33 bits per heavy atom. The van der Waals surface area contributed by atoms with Gasteiger partial charge in [0, 0.05) is 31.6 Å². The quantitative estimate of drug-likeness (QED) is 0.889. The Morgan fingerprint density at radius 2 is 2.04 bits per heavy atom. The zero-order valence-corrected chi connectivity index (χ0v) is 15.5. The summed E-state index contributed by atoms with van der Waals surface area (Å²) in [5.74, 6) is 0.717. The molecule has 1 aromatic rings. The standard InChI is InChI=1S/C17H24ClN3O2S/c1-11-8-12(9-19)10-21(11)16(22)13-4-6-20(7-5-13)17(23)14-2-3-15(18)24-14/h2-3,11-13H,4-10,19H2,1H3. The lowest BCUT2D eigenvalue weighted by Gasteiger charge is -2.34. The first kappa shape index (κ1) is 17.7. The Labute approximate surface area is 151 Å². The molecule has 0 radical (unpaired) electrons. The summed E-state index contributed by atoms with van der Waals surface area (Å²) in [7, 11) is 0. The van der Waals surface area contributed by atoms with Crippen LogP contribution in [0.3, 0.4) is 0 Å². The van der Waals surface area contributed by atoms with Gasteiger partial charge in [-0.05, 0) is 50.8 Å². The van der Waals surface area contributed by atoms with E-state index in [-0.39, 0.29) is 23.8 Å². The minimum absolute atomic E-state index is 0.0236. The van der Waals surface area contributed by atoms with E-state index < -0.39 is 0 Å². The molecule has 0 aliphatic carbocycles. The molecule has 5 nitrogen and oxygen atoms in total. The fraction of sp³-hybridized carbons (Fsp3) is 0.647. The van der Waals surface area contributed by atoms with Crippen LogP contribution >= 0.6 is 22.9 Å². The molecule has 132 valence electrons. The zero-order chi connectivity index (χ0) is 17.3. The van der Waals surface area contributed by atoms with Gasteiger partial charge in [-0.25, -0.2) is 0 Å². The summed E-state index contributed by atoms with van der Waals surface area (Å²) >= 11 is 7.21. The van der Waals surface area contributed by atoms with Crippen LogP contribution in [0.5, 0.6) is 0 Å². The smallest absolute Gasteiger partial charge is 0.263 e. The third kappa shape index (κ3) is 3.60. The number of hydrogen-bond acceptors (Lipinski definition) is 4. The van der Waals surface area contributed by atoms with Crippen LogP contribution in [0.4, 0.5) is 0 Å². The molecular formula is C17H24ClN3O2S. The number of hydrogen-bond donors (Lipinski definition) is 1. The van der Waals surface area contributed by atoms with Crippen LogP contribution in [0.15, 0.2) is 12.1 Å². The Hall–Kier alpha value is -1.11. The summed E-state index contributed by atoms with van der Waals surface area (Å²) in [5, 5.41) is 0. The molecule has 3 rings (SSSR count). The van der Waals surface area contributed by atoms with E-state index in [1.54, 1.807) is 12.1 Å². The molecule has 3 heterocycles. The molecule has 0 bridgehead atoms.